The van der Waals surface area contributed by atoms with Gasteiger partial charge in [0.05, 0.1) is 11.1 Å². The van der Waals surface area contributed by atoms with E-state index in [4.69, 9.17) is 11.6 Å². The summed E-state index contributed by atoms with van der Waals surface area (Å²) in [7, 11) is 0. The van der Waals surface area contributed by atoms with Gasteiger partial charge in [0.25, 0.3) is 0 Å². The molecule has 26 heavy (non-hydrogen) atoms. The van der Waals surface area contributed by atoms with Crippen LogP contribution in [0.25, 0.3) is 33.3 Å². The number of H-pyrrole nitrogens is 1. The standard InChI is InChI=1S/C20H11ClF2N2O/c21-14-5-2-1-4-11(14)13-10-17(26)25-19-12(13)8-9-24-20(19)18-15(22)6-3-7-16(18)23/h1-10H,(H,25,26). The van der Waals surface area contributed by atoms with Crippen molar-refractivity contribution >= 4 is 22.5 Å². The first-order valence-corrected chi connectivity index (χ1v) is 8.15. The van der Waals surface area contributed by atoms with Crippen molar-refractivity contribution in [1.29, 1.82) is 0 Å². The van der Waals surface area contributed by atoms with Crippen LogP contribution in [-0.4, -0.2) is 9.97 Å². The molecule has 2 aromatic heterocycles. The lowest BCUT2D eigenvalue weighted by molar-refractivity contribution is 0.589. The smallest absolute Gasteiger partial charge is 0.249 e. The number of aromatic nitrogens is 2. The minimum absolute atomic E-state index is 0.0316. The second kappa shape index (κ2) is 6.35. The fourth-order valence-electron chi connectivity index (χ4n) is 3.00. The van der Waals surface area contributed by atoms with Gasteiger partial charge in [-0.1, -0.05) is 35.9 Å². The number of nitrogens with one attached hydrogen (secondary N) is 1. The van der Waals surface area contributed by atoms with Crippen LogP contribution in [0.1, 0.15) is 0 Å². The molecule has 0 aliphatic rings. The molecule has 4 aromatic rings. The summed E-state index contributed by atoms with van der Waals surface area (Å²) in [5, 5.41) is 1.06. The van der Waals surface area contributed by atoms with Crippen LogP contribution in [-0.2, 0) is 0 Å². The molecule has 0 saturated carbocycles. The number of nitrogens with zero attached hydrogens (tertiary/aromatic N) is 1. The molecule has 0 aliphatic carbocycles. The molecular formula is C20H11ClF2N2O. The third kappa shape index (κ3) is 2.66. The highest BCUT2D eigenvalue weighted by Crippen LogP contribution is 2.35. The zero-order valence-electron chi connectivity index (χ0n) is 13.3. The first-order chi connectivity index (χ1) is 12.6. The maximum absolute atomic E-state index is 14.3. The van der Waals surface area contributed by atoms with Gasteiger partial charge < -0.3 is 4.98 Å². The van der Waals surface area contributed by atoms with Crippen molar-refractivity contribution in [2.24, 2.45) is 0 Å². The predicted octanol–water partition coefficient (Wildman–Crippen LogP) is 5.19. The van der Waals surface area contributed by atoms with Gasteiger partial charge in [0, 0.05) is 28.2 Å². The average Bonchev–Trinajstić information content (AvgIpc) is 2.62. The number of benzene rings is 2. The van der Waals surface area contributed by atoms with Gasteiger partial charge in [-0.05, 0) is 29.8 Å². The second-order valence-corrected chi connectivity index (χ2v) is 6.11. The van der Waals surface area contributed by atoms with Gasteiger partial charge in [0.2, 0.25) is 5.56 Å². The zero-order valence-corrected chi connectivity index (χ0v) is 14.0. The van der Waals surface area contributed by atoms with E-state index in [1.807, 2.05) is 0 Å². The maximum Gasteiger partial charge on any atom is 0.249 e. The number of pyridine rings is 2. The van der Waals surface area contributed by atoms with Crippen LogP contribution in [0.2, 0.25) is 5.02 Å². The second-order valence-electron chi connectivity index (χ2n) is 5.71. The Kier molecular flexibility index (Phi) is 4.01. The van der Waals surface area contributed by atoms with Crippen molar-refractivity contribution in [3.8, 4) is 22.4 Å². The van der Waals surface area contributed by atoms with Crippen molar-refractivity contribution in [3.63, 3.8) is 0 Å². The van der Waals surface area contributed by atoms with Crippen LogP contribution in [0, 0.1) is 11.6 Å². The summed E-state index contributed by atoms with van der Waals surface area (Å²) in [6, 6.07) is 13.7. The number of halogens is 3. The molecule has 0 atom stereocenters. The van der Waals surface area contributed by atoms with Crippen LogP contribution in [0.15, 0.2) is 65.6 Å². The minimum Gasteiger partial charge on any atom is -0.320 e. The summed E-state index contributed by atoms with van der Waals surface area (Å²) in [6.45, 7) is 0. The highest BCUT2D eigenvalue weighted by Gasteiger charge is 2.18. The van der Waals surface area contributed by atoms with Gasteiger partial charge in [-0.2, -0.15) is 0 Å². The van der Waals surface area contributed by atoms with Gasteiger partial charge in [-0.3, -0.25) is 9.78 Å². The molecule has 2 aromatic carbocycles. The molecule has 3 nitrogen and oxygen atoms in total. The summed E-state index contributed by atoms with van der Waals surface area (Å²) >= 11 is 6.27. The van der Waals surface area contributed by atoms with Gasteiger partial charge >= 0.3 is 0 Å². The molecule has 0 saturated heterocycles. The van der Waals surface area contributed by atoms with Gasteiger partial charge in [0.15, 0.2) is 0 Å². The van der Waals surface area contributed by atoms with Crippen molar-refractivity contribution in [1.82, 2.24) is 9.97 Å². The SMILES string of the molecule is O=c1cc(-c2ccccc2Cl)c2ccnc(-c3c(F)cccc3F)c2[nH]1. The molecule has 4 rings (SSSR count). The summed E-state index contributed by atoms with van der Waals surface area (Å²) < 4.78 is 28.5. The average molecular weight is 369 g/mol. The Labute approximate surface area is 151 Å². The number of rotatable bonds is 2. The number of fused-ring (bicyclic) bond motifs is 1. The molecule has 1 N–H and O–H groups in total. The minimum atomic E-state index is -0.756. The van der Waals surface area contributed by atoms with Crippen LogP contribution in [0.4, 0.5) is 8.78 Å². The molecular weight excluding hydrogens is 358 g/mol. The van der Waals surface area contributed by atoms with Crippen LogP contribution >= 0.6 is 11.6 Å². The van der Waals surface area contributed by atoms with E-state index >= 15 is 0 Å². The van der Waals surface area contributed by atoms with E-state index in [1.165, 1.54) is 18.3 Å². The monoisotopic (exact) mass is 368 g/mol. The zero-order chi connectivity index (χ0) is 18.3. The van der Waals surface area contributed by atoms with Gasteiger partial charge in [-0.15, -0.1) is 0 Å². The van der Waals surface area contributed by atoms with E-state index in [-0.39, 0.29) is 16.8 Å². The third-order valence-electron chi connectivity index (χ3n) is 4.13. The Balaban J connectivity index is 2.11. The summed E-state index contributed by atoms with van der Waals surface area (Å²) in [5.41, 5.74) is 0.790. The molecule has 0 amide bonds. The first-order valence-electron chi connectivity index (χ1n) is 7.77. The summed E-state index contributed by atoms with van der Waals surface area (Å²) in [5.74, 6) is -1.51. The van der Waals surface area contributed by atoms with Crippen LogP contribution in [0.3, 0.4) is 0 Å². The first kappa shape index (κ1) is 16.4. The van der Waals surface area contributed by atoms with Crippen molar-refractivity contribution < 1.29 is 8.78 Å². The lowest BCUT2D eigenvalue weighted by Crippen LogP contribution is -2.07. The van der Waals surface area contributed by atoms with Gasteiger partial charge in [-0.25, -0.2) is 8.78 Å². The molecule has 0 unspecified atom stereocenters. The summed E-state index contributed by atoms with van der Waals surface area (Å²) in [4.78, 5) is 19.0. The Morgan fingerprint density at radius 3 is 2.38 bits per heavy atom. The van der Waals surface area contributed by atoms with Crippen molar-refractivity contribution in [2.75, 3.05) is 0 Å². The lowest BCUT2D eigenvalue weighted by Gasteiger charge is -2.12. The normalized spacial score (nSPS) is 11.0. The van der Waals surface area contributed by atoms with E-state index < -0.39 is 17.2 Å². The fourth-order valence-corrected chi connectivity index (χ4v) is 3.23. The topological polar surface area (TPSA) is 45.8 Å². The molecule has 0 spiro atoms. The molecule has 0 aliphatic heterocycles. The fraction of sp³-hybridized carbons (Fsp3) is 0. The van der Waals surface area contributed by atoms with Crippen molar-refractivity contribution in [2.45, 2.75) is 0 Å². The molecule has 2 heterocycles. The van der Waals surface area contributed by atoms with E-state index in [0.717, 1.165) is 12.1 Å². The Morgan fingerprint density at radius 2 is 1.65 bits per heavy atom. The molecule has 0 fully saturated rings. The molecule has 128 valence electrons. The van der Waals surface area contributed by atoms with Crippen LogP contribution < -0.4 is 5.56 Å². The Hall–Kier alpha value is -3.05. The third-order valence-corrected chi connectivity index (χ3v) is 4.46. The molecule has 0 bridgehead atoms. The van der Waals surface area contributed by atoms with E-state index in [0.29, 0.717) is 21.5 Å². The predicted molar refractivity (Wildman–Crippen MR) is 98.2 cm³/mol. The molecule has 0 radical (unpaired) electrons. The van der Waals surface area contributed by atoms with Crippen molar-refractivity contribution in [3.05, 3.63) is 87.8 Å². The number of hydrogen-bond acceptors (Lipinski definition) is 2. The highest BCUT2D eigenvalue weighted by atomic mass is 35.5. The Morgan fingerprint density at radius 1 is 0.923 bits per heavy atom. The van der Waals surface area contributed by atoms with E-state index in [2.05, 4.69) is 9.97 Å². The maximum atomic E-state index is 14.3. The van der Waals surface area contributed by atoms with Crippen LogP contribution in [0.5, 0.6) is 0 Å². The highest BCUT2D eigenvalue weighted by molar-refractivity contribution is 6.33. The molecule has 6 heteroatoms. The Bertz CT molecular complexity index is 1180. The van der Waals surface area contributed by atoms with E-state index in [1.54, 1.807) is 30.3 Å². The van der Waals surface area contributed by atoms with Gasteiger partial charge in [0.1, 0.15) is 17.3 Å². The number of hydrogen-bond donors (Lipinski definition) is 1. The number of aromatic amines is 1. The summed E-state index contributed by atoms with van der Waals surface area (Å²) in [6.07, 6.45) is 1.45. The lowest BCUT2D eigenvalue weighted by atomic mass is 9.99. The van der Waals surface area contributed by atoms with E-state index in [9.17, 15) is 13.6 Å². The largest absolute Gasteiger partial charge is 0.320 e. The quantitative estimate of drug-likeness (QED) is 0.529.